The summed E-state index contributed by atoms with van der Waals surface area (Å²) in [7, 11) is 0. The molecule has 1 atom stereocenters. The first kappa shape index (κ1) is 14.7. The molecule has 3 rings (SSSR count). The van der Waals surface area contributed by atoms with E-state index in [0.717, 1.165) is 36.3 Å². The van der Waals surface area contributed by atoms with Gasteiger partial charge in [0, 0.05) is 12.6 Å². The van der Waals surface area contributed by atoms with Gasteiger partial charge < -0.3 is 10.6 Å². The molecule has 0 aliphatic carbocycles. The molecule has 1 saturated heterocycles. The molecule has 2 heterocycles. The SMILES string of the molecule is Cc1ccc(N2N=C(C(=O)NC3CCNC3)CC2=O)c(C)c1. The Morgan fingerprint density at radius 3 is 2.91 bits per heavy atom. The number of hydrazone groups is 1. The molecule has 6 nitrogen and oxygen atoms in total. The Hall–Kier alpha value is -2.21. The second-order valence-electron chi connectivity index (χ2n) is 5.88. The van der Waals surface area contributed by atoms with Crippen molar-refractivity contribution in [3.63, 3.8) is 0 Å². The average molecular weight is 300 g/mol. The molecular weight excluding hydrogens is 280 g/mol. The van der Waals surface area contributed by atoms with Crippen LogP contribution in [0.3, 0.4) is 0 Å². The number of carbonyl (C=O) groups is 2. The molecule has 0 radical (unpaired) electrons. The van der Waals surface area contributed by atoms with Gasteiger partial charge in [-0.1, -0.05) is 17.7 Å². The summed E-state index contributed by atoms with van der Waals surface area (Å²) in [6, 6.07) is 5.93. The Balaban J connectivity index is 1.77. The molecule has 2 aliphatic rings. The molecule has 2 aliphatic heterocycles. The van der Waals surface area contributed by atoms with Crippen molar-refractivity contribution in [2.45, 2.75) is 32.7 Å². The number of carbonyl (C=O) groups excluding carboxylic acids is 2. The number of benzene rings is 1. The molecule has 0 saturated carbocycles. The van der Waals surface area contributed by atoms with E-state index >= 15 is 0 Å². The maximum absolute atomic E-state index is 12.2. The summed E-state index contributed by atoms with van der Waals surface area (Å²) in [4.78, 5) is 24.4. The Morgan fingerprint density at radius 1 is 1.41 bits per heavy atom. The summed E-state index contributed by atoms with van der Waals surface area (Å²) in [5.41, 5.74) is 3.13. The summed E-state index contributed by atoms with van der Waals surface area (Å²) in [6.07, 6.45) is 0.965. The van der Waals surface area contributed by atoms with Gasteiger partial charge in [0.1, 0.15) is 5.71 Å². The third kappa shape index (κ3) is 2.87. The van der Waals surface area contributed by atoms with Crippen LogP contribution in [-0.4, -0.2) is 36.7 Å². The lowest BCUT2D eigenvalue weighted by Crippen LogP contribution is -2.40. The highest BCUT2D eigenvalue weighted by Crippen LogP contribution is 2.25. The number of nitrogens with one attached hydrogen (secondary N) is 2. The number of anilines is 1. The minimum absolute atomic E-state index is 0.0549. The topological polar surface area (TPSA) is 73.8 Å². The Labute approximate surface area is 129 Å². The van der Waals surface area contributed by atoms with Crippen LogP contribution >= 0.6 is 0 Å². The van der Waals surface area contributed by atoms with Crippen LogP contribution in [0.2, 0.25) is 0 Å². The zero-order chi connectivity index (χ0) is 15.7. The number of rotatable bonds is 3. The first-order valence-corrected chi connectivity index (χ1v) is 7.54. The van der Waals surface area contributed by atoms with Crippen LogP contribution in [0.25, 0.3) is 0 Å². The van der Waals surface area contributed by atoms with E-state index in [0.29, 0.717) is 0 Å². The van der Waals surface area contributed by atoms with Crippen molar-refractivity contribution < 1.29 is 9.59 Å². The number of hydrogen-bond donors (Lipinski definition) is 2. The van der Waals surface area contributed by atoms with E-state index in [4.69, 9.17) is 0 Å². The molecule has 1 fully saturated rings. The van der Waals surface area contributed by atoms with Gasteiger partial charge in [-0.05, 0) is 38.4 Å². The Morgan fingerprint density at radius 2 is 2.23 bits per heavy atom. The molecule has 2 amide bonds. The number of nitrogens with zero attached hydrogens (tertiary/aromatic N) is 2. The highest BCUT2D eigenvalue weighted by Gasteiger charge is 2.31. The van der Waals surface area contributed by atoms with E-state index in [1.165, 1.54) is 5.01 Å². The molecule has 1 aromatic rings. The molecule has 0 bridgehead atoms. The zero-order valence-electron chi connectivity index (χ0n) is 12.8. The zero-order valence-corrected chi connectivity index (χ0v) is 12.8. The summed E-state index contributed by atoms with van der Waals surface area (Å²) in [6.45, 7) is 5.62. The average Bonchev–Trinajstić information content (AvgIpc) is 3.09. The van der Waals surface area contributed by atoms with Crippen LogP contribution in [0.15, 0.2) is 23.3 Å². The smallest absolute Gasteiger partial charge is 0.268 e. The lowest BCUT2D eigenvalue weighted by atomic mass is 10.1. The van der Waals surface area contributed by atoms with Gasteiger partial charge in [-0.3, -0.25) is 9.59 Å². The van der Waals surface area contributed by atoms with Crippen molar-refractivity contribution in [3.05, 3.63) is 29.3 Å². The molecule has 0 aromatic heterocycles. The van der Waals surface area contributed by atoms with E-state index in [2.05, 4.69) is 15.7 Å². The highest BCUT2D eigenvalue weighted by atomic mass is 16.2. The van der Waals surface area contributed by atoms with Gasteiger partial charge in [0.15, 0.2) is 0 Å². The second kappa shape index (κ2) is 5.88. The fourth-order valence-electron chi connectivity index (χ4n) is 2.83. The van der Waals surface area contributed by atoms with E-state index < -0.39 is 0 Å². The second-order valence-corrected chi connectivity index (χ2v) is 5.88. The maximum atomic E-state index is 12.2. The first-order valence-electron chi connectivity index (χ1n) is 7.54. The normalized spacial score (nSPS) is 21.2. The highest BCUT2D eigenvalue weighted by molar-refractivity contribution is 6.44. The van der Waals surface area contributed by atoms with E-state index in [9.17, 15) is 9.59 Å². The first-order chi connectivity index (χ1) is 10.5. The quantitative estimate of drug-likeness (QED) is 0.870. The minimum atomic E-state index is -0.241. The summed E-state index contributed by atoms with van der Waals surface area (Å²) in [5, 5.41) is 11.7. The number of aryl methyl sites for hydroxylation is 2. The van der Waals surface area contributed by atoms with Gasteiger partial charge in [0.25, 0.3) is 11.8 Å². The predicted octanol–water partition coefficient (Wildman–Crippen LogP) is 0.874. The minimum Gasteiger partial charge on any atom is -0.347 e. The van der Waals surface area contributed by atoms with E-state index in [1.807, 2.05) is 32.0 Å². The summed E-state index contributed by atoms with van der Waals surface area (Å²) >= 11 is 0. The van der Waals surface area contributed by atoms with Gasteiger partial charge >= 0.3 is 0 Å². The van der Waals surface area contributed by atoms with Crippen molar-refractivity contribution in [2.24, 2.45) is 5.10 Å². The summed E-state index contributed by atoms with van der Waals surface area (Å²) < 4.78 is 0. The maximum Gasteiger partial charge on any atom is 0.268 e. The number of hydrogen-bond acceptors (Lipinski definition) is 4. The van der Waals surface area contributed by atoms with Crippen LogP contribution in [0.1, 0.15) is 24.0 Å². The van der Waals surface area contributed by atoms with E-state index in [1.54, 1.807) is 0 Å². The molecule has 0 spiro atoms. The number of amides is 2. The fraction of sp³-hybridized carbons (Fsp3) is 0.438. The monoisotopic (exact) mass is 300 g/mol. The van der Waals surface area contributed by atoms with Gasteiger partial charge in [0.2, 0.25) is 0 Å². The lowest BCUT2D eigenvalue weighted by Gasteiger charge is -2.14. The van der Waals surface area contributed by atoms with Gasteiger partial charge in [-0.25, -0.2) is 0 Å². The molecule has 2 N–H and O–H groups in total. The van der Waals surface area contributed by atoms with Crippen molar-refractivity contribution in [3.8, 4) is 0 Å². The standard InChI is InChI=1S/C16H20N4O2/c1-10-3-4-14(11(2)7-10)20-15(21)8-13(19-20)16(22)18-12-5-6-17-9-12/h3-4,7,12,17H,5-6,8-9H2,1-2H3,(H,18,22). The van der Waals surface area contributed by atoms with Crippen molar-refractivity contribution in [2.75, 3.05) is 18.1 Å². The predicted molar refractivity (Wildman–Crippen MR) is 84.9 cm³/mol. The summed E-state index contributed by atoms with van der Waals surface area (Å²) in [5.74, 6) is -0.407. The molecule has 6 heteroatoms. The van der Waals surface area contributed by atoms with Crippen LogP contribution in [0.4, 0.5) is 5.69 Å². The fourth-order valence-corrected chi connectivity index (χ4v) is 2.83. The Kier molecular flexibility index (Phi) is 3.94. The third-order valence-electron chi connectivity index (χ3n) is 4.01. The van der Waals surface area contributed by atoms with Crippen molar-refractivity contribution >= 4 is 23.2 Å². The van der Waals surface area contributed by atoms with Gasteiger partial charge in [-0.15, -0.1) is 0 Å². The van der Waals surface area contributed by atoms with Crippen LogP contribution in [0.5, 0.6) is 0 Å². The molecule has 1 aromatic carbocycles. The molecule has 116 valence electrons. The Bertz CT molecular complexity index is 648. The van der Waals surface area contributed by atoms with E-state index in [-0.39, 0.29) is 30.0 Å². The molecular formula is C16H20N4O2. The van der Waals surface area contributed by atoms with Crippen molar-refractivity contribution in [1.82, 2.24) is 10.6 Å². The third-order valence-corrected chi connectivity index (χ3v) is 4.01. The lowest BCUT2D eigenvalue weighted by molar-refractivity contribution is -0.118. The van der Waals surface area contributed by atoms with Gasteiger partial charge in [0.05, 0.1) is 12.1 Å². The van der Waals surface area contributed by atoms with Crippen molar-refractivity contribution in [1.29, 1.82) is 0 Å². The molecule has 22 heavy (non-hydrogen) atoms. The largest absolute Gasteiger partial charge is 0.347 e. The molecule has 1 unspecified atom stereocenters. The van der Waals surface area contributed by atoms with Gasteiger partial charge in [-0.2, -0.15) is 10.1 Å². The van der Waals surface area contributed by atoms with Crippen LogP contribution in [-0.2, 0) is 9.59 Å². The van der Waals surface area contributed by atoms with Crippen LogP contribution < -0.4 is 15.6 Å². The van der Waals surface area contributed by atoms with Crippen LogP contribution in [0, 0.1) is 13.8 Å².